The second-order valence-electron chi connectivity index (χ2n) is 7.21. The molecule has 2 aromatic rings. The molecule has 0 aliphatic carbocycles. The van der Waals surface area contributed by atoms with Gasteiger partial charge in [0.25, 0.3) is 5.22 Å². The Hall–Kier alpha value is -2.29. The number of halogens is 1. The summed E-state index contributed by atoms with van der Waals surface area (Å²) in [4.78, 5) is 19.9. The summed E-state index contributed by atoms with van der Waals surface area (Å²) in [6, 6.07) is 4.89. The molecule has 1 saturated heterocycles. The van der Waals surface area contributed by atoms with Crippen LogP contribution in [-0.2, 0) is 4.74 Å². The molecule has 1 aliphatic heterocycles. The van der Waals surface area contributed by atoms with Crippen molar-refractivity contribution in [2.45, 2.75) is 31.6 Å². The first-order chi connectivity index (χ1) is 12.8. The molecule has 2 heterocycles. The van der Waals surface area contributed by atoms with Gasteiger partial charge in [0.15, 0.2) is 0 Å². The van der Waals surface area contributed by atoms with Crippen LogP contribution in [0.2, 0.25) is 0 Å². The van der Waals surface area contributed by atoms with Crippen molar-refractivity contribution >= 4 is 23.5 Å². The number of piperazine rings is 1. The van der Waals surface area contributed by atoms with E-state index in [1.807, 2.05) is 31.9 Å². The molecular weight excluding hydrogens is 371 g/mol. The smallest absolute Gasteiger partial charge is 0.410 e. The van der Waals surface area contributed by atoms with E-state index in [1.165, 1.54) is 17.8 Å². The van der Waals surface area contributed by atoms with E-state index in [-0.39, 0.29) is 11.9 Å². The zero-order valence-corrected chi connectivity index (χ0v) is 16.7. The van der Waals surface area contributed by atoms with Crippen molar-refractivity contribution in [3.05, 3.63) is 24.0 Å². The average Bonchev–Trinajstić information content (AvgIpc) is 3.09. The minimum absolute atomic E-state index is 0.334. The second-order valence-corrected chi connectivity index (χ2v) is 7.97. The van der Waals surface area contributed by atoms with Crippen LogP contribution in [0, 0.1) is 5.82 Å². The highest BCUT2D eigenvalue weighted by atomic mass is 32.2. The number of benzene rings is 1. The first-order valence-electron chi connectivity index (χ1n) is 8.67. The molecule has 1 aliphatic rings. The van der Waals surface area contributed by atoms with Crippen LogP contribution >= 0.6 is 11.8 Å². The molecule has 0 unspecified atom stereocenters. The number of rotatable bonds is 3. The summed E-state index contributed by atoms with van der Waals surface area (Å²) in [6.07, 6.45) is 1.50. The third-order valence-electron chi connectivity index (χ3n) is 4.06. The van der Waals surface area contributed by atoms with Gasteiger partial charge in [-0.3, -0.25) is 0 Å². The van der Waals surface area contributed by atoms with E-state index < -0.39 is 5.60 Å². The molecule has 0 radical (unpaired) electrons. The van der Waals surface area contributed by atoms with Crippen molar-refractivity contribution in [1.29, 1.82) is 0 Å². The lowest BCUT2D eigenvalue weighted by Gasteiger charge is -2.36. The number of hydrogen-bond donors (Lipinski definition) is 0. The van der Waals surface area contributed by atoms with Crippen LogP contribution in [-0.4, -0.2) is 59.2 Å². The molecule has 9 heteroatoms. The molecular formula is C18H23FN4O3S. The largest absolute Gasteiger partial charge is 0.444 e. The molecule has 7 nitrogen and oxygen atoms in total. The summed E-state index contributed by atoms with van der Waals surface area (Å²) >= 11 is 1.34. The normalized spacial score (nSPS) is 15.1. The summed E-state index contributed by atoms with van der Waals surface area (Å²) in [6.45, 7) is 7.55. The highest BCUT2D eigenvalue weighted by Gasteiger charge is 2.27. The first kappa shape index (κ1) is 19.5. The Bertz CT molecular complexity index is 813. The van der Waals surface area contributed by atoms with Crippen molar-refractivity contribution in [2.75, 3.05) is 37.3 Å². The van der Waals surface area contributed by atoms with Gasteiger partial charge in [-0.05, 0) is 45.2 Å². The fourth-order valence-electron chi connectivity index (χ4n) is 2.77. The van der Waals surface area contributed by atoms with Crippen LogP contribution in [0.15, 0.2) is 27.9 Å². The number of anilines is 1. The van der Waals surface area contributed by atoms with Gasteiger partial charge in [0.2, 0.25) is 5.82 Å². The van der Waals surface area contributed by atoms with Crippen LogP contribution in [0.3, 0.4) is 0 Å². The molecule has 1 amide bonds. The van der Waals surface area contributed by atoms with Gasteiger partial charge in [-0.15, -0.1) is 0 Å². The van der Waals surface area contributed by atoms with Gasteiger partial charge < -0.3 is 19.1 Å². The van der Waals surface area contributed by atoms with Crippen LogP contribution in [0.1, 0.15) is 20.8 Å². The Labute approximate surface area is 161 Å². The van der Waals surface area contributed by atoms with Gasteiger partial charge in [0.1, 0.15) is 11.4 Å². The lowest BCUT2D eigenvalue weighted by molar-refractivity contribution is 0.0240. The van der Waals surface area contributed by atoms with Gasteiger partial charge in [0.05, 0.1) is 5.69 Å². The zero-order chi connectivity index (χ0) is 19.6. The van der Waals surface area contributed by atoms with Crippen LogP contribution in [0.4, 0.5) is 14.9 Å². The van der Waals surface area contributed by atoms with Gasteiger partial charge in [0, 0.05) is 31.7 Å². The second kappa shape index (κ2) is 7.75. The van der Waals surface area contributed by atoms with Crippen molar-refractivity contribution in [3.63, 3.8) is 0 Å². The van der Waals surface area contributed by atoms with Crippen molar-refractivity contribution < 1.29 is 18.4 Å². The monoisotopic (exact) mass is 394 g/mol. The molecule has 3 rings (SSSR count). The SMILES string of the molecule is CSc1nc(-c2ccc(N3CCN(C(=O)OC(C)(C)C)CC3)c(F)c2)no1. The lowest BCUT2D eigenvalue weighted by atomic mass is 10.1. The molecule has 0 bridgehead atoms. The third-order valence-corrected chi connectivity index (χ3v) is 4.58. The summed E-state index contributed by atoms with van der Waals surface area (Å²) < 4.78 is 25.1. The van der Waals surface area contributed by atoms with Crippen LogP contribution in [0.25, 0.3) is 11.4 Å². The van der Waals surface area contributed by atoms with Crippen molar-refractivity contribution in [1.82, 2.24) is 15.0 Å². The van der Waals surface area contributed by atoms with Gasteiger partial charge >= 0.3 is 6.09 Å². The van der Waals surface area contributed by atoms with E-state index in [0.29, 0.717) is 48.5 Å². The number of thioether (sulfide) groups is 1. The molecule has 0 saturated carbocycles. The lowest BCUT2D eigenvalue weighted by Crippen LogP contribution is -2.50. The molecule has 0 atom stereocenters. The maximum absolute atomic E-state index is 14.6. The number of nitrogens with zero attached hydrogens (tertiary/aromatic N) is 4. The highest BCUT2D eigenvalue weighted by molar-refractivity contribution is 7.98. The maximum atomic E-state index is 14.6. The Kier molecular flexibility index (Phi) is 5.59. The molecule has 27 heavy (non-hydrogen) atoms. The summed E-state index contributed by atoms with van der Waals surface area (Å²) in [5.41, 5.74) is 0.533. The van der Waals surface area contributed by atoms with Crippen LogP contribution < -0.4 is 4.90 Å². The first-order valence-corrected chi connectivity index (χ1v) is 9.90. The number of ether oxygens (including phenoxy) is 1. The number of carbonyl (C=O) groups is 1. The fraction of sp³-hybridized carbons (Fsp3) is 0.500. The number of hydrogen-bond acceptors (Lipinski definition) is 7. The Morgan fingerprint density at radius 2 is 1.96 bits per heavy atom. The minimum atomic E-state index is -0.526. The van der Waals surface area contributed by atoms with E-state index >= 15 is 0 Å². The van der Waals surface area contributed by atoms with Gasteiger partial charge in [-0.1, -0.05) is 16.9 Å². The molecule has 1 aromatic carbocycles. The van der Waals surface area contributed by atoms with E-state index in [0.717, 1.165) is 0 Å². The van der Waals surface area contributed by atoms with E-state index in [4.69, 9.17) is 9.26 Å². The number of amides is 1. The van der Waals surface area contributed by atoms with Crippen molar-refractivity contribution in [2.24, 2.45) is 0 Å². The van der Waals surface area contributed by atoms with Gasteiger partial charge in [-0.25, -0.2) is 9.18 Å². The zero-order valence-electron chi connectivity index (χ0n) is 15.9. The van der Waals surface area contributed by atoms with Crippen LogP contribution in [0.5, 0.6) is 0 Å². The Balaban J connectivity index is 1.65. The average molecular weight is 394 g/mol. The fourth-order valence-corrected chi connectivity index (χ4v) is 3.06. The standard InChI is InChI=1S/C18H23FN4O3S/c1-18(2,3)25-17(24)23-9-7-22(8-10-23)14-6-5-12(11-13(14)19)15-20-16(27-4)26-21-15/h5-6,11H,7-10H2,1-4H3. The van der Waals surface area contributed by atoms with E-state index in [9.17, 15) is 9.18 Å². The number of aromatic nitrogens is 2. The highest BCUT2D eigenvalue weighted by Crippen LogP contribution is 2.27. The summed E-state index contributed by atoms with van der Waals surface area (Å²) in [7, 11) is 0. The molecule has 0 spiro atoms. The quantitative estimate of drug-likeness (QED) is 0.736. The maximum Gasteiger partial charge on any atom is 0.410 e. The molecule has 1 fully saturated rings. The Morgan fingerprint density at radius 1 is 1.26 bits per heavy atom. The minimum Gasteiger partial charge on any atom is -0.444 e. The predicted molar refractivity (Wildman–Crippen MR) is 101 cm³/mol. The summed E-state index contributed by atoms with van der Waals surface area (Å²) in [5, 5.41) is 4.29. The topological polar surface area (TPSA) is 71.7 Å². The van der Waals surface area contributed by atoms with E-state index in [1.54, 1.807) is 17.0 Å². The summed E-state index contributed by atoms with van der Waals surface area (Å²) in [5.74, 6) is 0.00765. The third kappa shape index (κ3) is 4.71. The Morgan fingerprint density at radius 3 is 2.52 bits per heavy atom. The molecule has 1 aromatic heterocycles. The van der Waals surface area contributed by atoms with Gasteiger partial charge in [-0.2, -0.15) is 4.98 Å². The predicted octanol–water partition coefficient (Wildman–Crippen LogP) is 3.65. The number of carbonyl (C=O) groups excluding carboxylic acids is 1. The van der Waals surface area contributed by atoms with E-state index in [2.05, 4.69) is 10.1 Å². The molecule has 146 valence electrons. The van der Waals surface area contributed by atoms with Crippen molar-refractivity contribution in [3.8, 4) is 11.4 Å². The molecule has 0 N–H and O–H groups in total.